The van der Waals surface area contributed by atoms with Crippen LogP contribution in [0, 0.1) is 5.82 Å². The lowest BCUT2D eigenvalue weighted by Gasteiger charge is -2.25. The maximum atomic E-state index is 13.0. The van der Waals surface area contributed by atoms with E-state index in [0.29, 0.717) is 0 Å². The number of likely N-dealkylation sites (N-methyl/N-ethyl adjacent to an activating group) is 1. The summed E-state index contributed by atoms with van der Waals surface area (Å²) in [6, 6.07) is 9.80. The number of nitrogens with zero attached hydrogens (tertiary/aromatic N) is 1. The van der Waals surface area contributed by atoms with Crippen LogP contribution in [0.5, 0.6) is 0 Å². The van der Waals surface area contributed by atoms with Crippen molar-refractivity contribution in [2.45, 2.75) is 25.9 Å². The van der Waals surface area contributed by atoms with Gasteiger partial charge in [-0.15, -0.1) is 0 Å². The van der Waals surface area contributed by atoms with Gasteiger partial charge in [0.15, 0.2) is 0 Å². The van der Waals surface area contributed by atoms with Gasteiger partial charge in [0.2, 0.25) is 5.91 Å². The van der Waals surface area contributed by atoms with Gasteiger partial charge in [-0.2, -0.15) is 0 Å². The SMILES string of the molecule is CC(NC(=O)CN(C)C(C)c1ccc(F)cc1)c1ccco1. The van der Waals surface area contributed by atoms with Crippen LogP contribution in [0.4, 0.5) is 4.39 Å². The van der Waals surface area contributed by atoms with Crippen LogP contribution < -0.4 is 5.32 Å². The topological polar surface area (TPSA) is 45.5 Å². The van der Waals surface area contributed by atoms with E-state index in [4.69, 9.17) is 4.42 Å². The number of hydrogen-bond donors (Lipinski definition) is 1. The van der Waals surface area contributed by atoms with Crippen molar-refractivity contribution in [3.8, 4) is 0 Å². The molecule has 1 amide bonds. The number of amides is 1. The van der Waals surface area contributed by atoms with Crippen molar-refractivity contribution in [1.82, 2.24) is 10.2 Å². The summed E-state index contributed by atoms with van der Waals surface area (Å²) in [6.45, 7) is 4.11. The van der Waals surface area contributed by atoms with Gasteiger partial charge in [0.05, 0.1) is 18.8 Å². The van der Waals surface area contributed by atoms with Crippen molar-refractivity contribution in [3.63, 3.8) is 0 Å². The first-order valence-corrected chi connectivity index (χ1v) is 7.26. The summed E-state index contributed by atoms with van der Waals surface area (Å²) in [4.78, 5) is 14.0. The molecule has 1 N–H and O–H groups in total. The third kappa shape index (κ3) is 4.18. The summed E-state index contributed by atoms with van der Waals surface area (Å²) in [7, 11) is 1.87. The van der Waals surface area contributed by atoms with Crippen LogP contribution in [0.2, 0.25) is 0 Å². The molecule has 0 spiro atoms. The quantitative estimate of drug-likeness (QED) is 0.890. The van der Waals surface area contributed by atoms with Crippen LogP contribution in [0.1, 0.15) is 37.3 Å². The highest BCUT2D eigenvalue weighted by Gasteiger charge is 2.17. The van der Waals surface area contributed by atoms with Crippen molar-refractivity contribution < 1.29 is 13.6 Å². The van der Waals surface area contributed by atoms with Gasteiger partial charge in [-0.25, -0.2) is 4.39 Å². The molecular weight excluding hydrogens is 283 g/mol. The third-order valence-electron chi connectivity index (χ3n) is 3.75. The van der Waals surface area contributed by atoms with Gasteiger partial charge >= 0.3 is 0 Å². The molecule has 118 valence electrons. The van der Waals surface area contributed by atoms with Crippen molar-refractivity contribution in [3.05, 3.63) is 59.8 Å². The molecule has 22 heavy (non-hydrogen) atoms. The smallest absolute Gasteiger partial charge is 0.234 e. The average Bonchev–Trinajstić information content (AvgIpc) is 3.01. The minimum Gasteiger partial charge on any atom is -0.467 e. The average molecular weight is 304 g/mol. The zero-order valence-electron chi connectivity index (χ0n) is 13.0. The Labute approximate surface area is 129 Å². The van der Waals surface area contributed by atoms with Gasteiger partial charge in [-0.3, -0.25) is 9.69 Å². The number of halogens is 1. The molecule has 0 radical (unpaired) electrons. The molecule has 5 heteroatoms. The monoisotopic (exact) mass is 304 g/mol. The van der Waals surface area contributed by atoms with Crippen LogP contribution in [-0.4, -0.2) is 24.4 Å². The van der Waals surface area contributed by atoms with Crippen LogP contribution in [0.3, 0.4) is 0 Å². The highest BCUT2D eigenvalue weighted by molar-refractivity contribution is 5.78. The Morgan fingerprint density at radius 2 is 1.95 bits per heavy atom. The van der Waals surface area contributed by atoms with E-state index in [-0.39, 0.29) is 30.4 Å². The van der Waals surface area contributed by atoms with E-state index in [1.165, 1.54) is 12.1 Å². The molecule has 0 saturated heterocycles. The summed E-state index contributed by atoms with van der Waals surface area (Å²) < 4.78 is 18.2. The van der Waals surface area contributed by atoms with E-state index >= 15 is 0 Å². The molecule has 2 aromatic rings. The molecule has 0 aliphatic carbocycles. The van der Waals surface area contributed by atoms with E-state index in [0.717, 1.165) is 11.3 Å². The number of rotatable bonds is 6. The lowest BCUT2D eigenvalue weighted by atomic mass is 10.1. The molecule has 0 aliphatic rings. The Hall–Kier alpha value is -2.14. The highest BCUT2D eigenvalue weighted by Crippen LogP contribution is 2.19. The normalized spacial score (nSPS) is 13.9. The summed E-state index contributed by atoms with van der Waals surface area (Å²) in [5, 5.41) is 2.89. The molecule has 1 heterocycles. The maximum Gasteiger partial charge on any atom is 0.234 e. The standard InChI is InChI=1S/C17H21FN2O2/c1-12(16-5-4-10-22-16)19-17(21)11-20(3)13(2)14-6-8-15(18)9-7-14/h4-10,12-13H,11H2,1-3H3,(H,19,21). The highest BCUT2D eigenvalue weighted by atomic mass is 19.1. The molecule has 1 aromatic carbocycles. The fourth-order valence-corrected chi connectivity index (χ4v) is 2.26. The Balaban J connectivity index is 1.89. The molecular formula is C17H21FN2O2. The Bertz CT molecular complexity index is 596. The number of carbonyl (C=O) groups excluding carboxylic acids is 1. The van der Waals surface area contributed by atoms with Crippen LogP contribution in [-0.2, 0) is 4.79 Å². The van der Waals surface area contributed by atoms with Crippen LogP contribution >= 0.6 is 0 Å². The summed E-state index contributed by atoms with van der Waals surface area (Å²) in [6.07, 6.45) is 1.58. The fraction of sp³-hybridized carbons (Fsp3) is 0.353. The predicted octanol–water partition coefficient (Wildman–Crippen LogP) is 3.29. The molecule has 2 unspecified atom stereocenters. The van der Waals surface area contributed by atoms with Gasteiger partial charge in [0.1, 0.15) is 11.6 Å². The molecule has 1 aromatic heterocycles. The number of benzene rings is 1. The lowest BCUT2D eigenvalue weighted by Crippen LogP contribution is -2.37. The second kappa shape index (κ2) is 7.22. The molecule has 2 rings (SSSR count). The first-order valence-electron chi connectivity index (χ1n) is 7.26. The maximum absolute atomic E-state index is 13.0. The van der Waals surface area contributed by atoms with Crippen LogP contribution in [0.15, 0.2) is 47.1 Å². The van der Waals surface area contributed by atoms with E-state index in [2.05, 4.69) is 5.32 Å². The zero-order chi connectivity index (χ0) is 16.1. The Morgan fingerprint density at radius 1 is 1.27 bits per heavy atom. The van der Waals surface area contributed by atoms with Gasteiger partial charge in [-0.1, -0.05) is 12.1 Å². The first-order chi connectivity index (χ1) is 10.5. The van der Waals surface area contributed by atoms with Gasteiger partial charge in [-0.05, 0) is 50.7 Å². The second-order valence-electron chi connectivity index (χ2n) is 5.45. The van der Waals surface area contributed by atoms with E-state index < -0.39 is 0 Å². The molecule has 0 aliphatic heterocycles. The van der Waals surface area contributed by atoms with E-state index in [1.54, 1.807) is 24.5 Å². The predicted molar refractivity (Wildman–Crippen MR) is 82.7 cm³/mol. The summed E-state index contributed by atoms with van der Waals surface area (Å²) in [5.74, 6) is 0.381. The Morgan fingerprint density at radius 3 is 2.55 bits per heavy atom. The minimum absolute atomic E-state index is 0.0188. The van der Waals surface area contributed by atoms with Crippen molar-refractivity contribution in [2.75, 3.05) is 13.6 Å². The minimum atomic E-state index is -0.261. The number of hydrogen-bond acceptors (Lipinski definition) is 3. The number of carbonyl (C=O) groups is 1. The van der Waals surface area contributed by atoms with E-state index in [1.807, 2.05) is 31.9 Å². The number of nitrogens with one attached hydrogen (secondary N) is 1. The number of furan rings is 1. The van der Waals surface area contributed by atoms with Crippen LogP contribution in [0.25, 0.3) is 0 Å². The third-order valence-corrected chi connectivity index (χ3v) is 3.75. The molecule has 0 bridgehead atoms. The van der Waals surface area contributed by atoms with Crippen molar-refractivity contribution in [1.29, 1.82) is 0 Å². The summed E-state index contributed by atoms with van der Waals surface area (Å²) >= 11 is 0. The zero-order valence-corrected chi connectivity index (χ0v) is 13.0. The molecule has 0 fully saturated rings. The van der Waals surface area contributed by atoms with Crippen molar-refractivity contribution >= 4 is 5.91 Å². The Kier molecular flexibility index (Phi) is 5.33. The summed E-state index contributed by atoms with van der Waals surface area (Å²) in [5.41, 5.74) is 0.968. The molecule has 2 atom stereocenters. The largest absolute Gasteiger partial charge is 0.467 e. The molecule has 4 nitrogen and oxygen atoms in total. The second-order valence-corrected chi connectivity index (χ2v) is 5.45. The van der Waals surface area contributed by atoms with Gasteiger partial charge in [0.25, 0.3) is 0 Å². The van der Waals surface area contributed by atoms with E-state index in [9.17, 15) is 9.18 Å². The van der Waals surface area contributed by atoms with Crippen molar-refractivity contribution in [2.24, 2.45) is 0 Å². The fourth-order valence-electron chi connectivity index (χ4n) is 2.26. The first kappa shape index (κ1) is 16.2. The van der Waals surface area contributed by atoms with Gasteiger partial charge in [0, 0.05) is 6.04 Å². The van der Waals surface area contributed by atoms with Gasteiger partial charge < -0.3 is 9.73 Å². The molecule has 0 saturated carbocycles. The lowest BCUT2D eigenvalue weighted by molar-refractivity contribution is -0.123.